The summed E-state index contributed by atoms with van der Waals surface area (Å²) in [6.45, 7) is 1.95. The molecule has 130 valence electrons. The van der Waals surface area contributed by atoms with Gasteiger partial charge in [-0.2, -0.15) is 8.42 Å². The number of halogens is 1. The van der Waals surface area contributed by atoms with Crippen LogP contribution in [0.25, 0.3) is 10.8 Å². The maximum atomic E-state index is 13.4. The van der Waals surface area contributed by atoms with Crippen molar-refractivity contribution < 1.29 is 17.0 Å². The van der Waals surface area contributed by atoms with Gasteiger partial charge in [0.1, 0.15) is 11.6 Å². The van der Waals surface area contributed by atoms with Crippen molar-refractivity contribution in [3.05, 3.63) is 36.3 Å². The first-order chi connectivity index (χ1) is 11.4. The van der Waals surface area contributed by atoms with Crippen LogP contribution in [0.15, 0.2) is 30.5 Å². The van der Waals surface area contributed by atoms with E-state index >= 15 is 0 Å². The first-order valence-corrected chi connectivity index (χ1v) is 9.88. The van der Waals surface area contributed by atoms with Crippen LogP contribution in [0.5, 0.6) is 0 Å². The number of benzene rings is 1. The lowest BCUT2D eigenvalue weighted by Gasteiger charge is -2.33. The molecule has 0 spiro atoms. The van der Waals surface area contributed by atoms with Crippen LogP contribution < -0.4 is 4.90 Å². The molecular formula is C17H21FN2O3S. The maximum absolute atomic E-state index is 13.4. The molecule has 0 radical (unpaired) electrons. The van der Waals surface area contributed by atoms with Gasteiger partial charge in [-0.05, 0) is 54.8 Å². The van der Waals surface area contributed by atoms with Crippen LogP contribution in [0.1, 0.15) is 19.3 Å². The summed E-state index contributed by atoms with van der Waals surface area (Å²) in [6, 6.07) is 6.58. The number of hydrogen-bond acceptors (Lipinski definition) is 5. The summed E-state index contributed by atoms with van der Waals surface area (Å²) in [5.74, 6) is 1.10. The highest BCUT2D eigenvalue weighted by Crippen LogP contribution is 2.29. The van der Waals surface area contributed by atoms with Crippen molar-refractivity contribution in [1.82, 2.24) is 4.98 Å². The number of anilines is 1. The fourth-order valence-corrected chi connectivity index (χ4v) is 3.58. The van der Waals surface area contributed by atoms with Crippen molar-refractivity contribution in [3.63, 3.8) is 0 Å². The number of pyridine rings is 1. The van der Waals surface area contributed by atoms with Crippen LogP contribution in [-0.4, -0.2) is 39.4 Å². The van der Waals surface area contributed by atoms with E-state index in [2.05, 4.69) is 9.88 Å². The molecule has 2 heterocycles. The Kier molecular flexibility index (Phi) is 5.01. The van der Waals surface area contributed by atoms with E-state index in [9.17, 15) is 12.8 Å². The SMILES string of the molecule is CS(=O)(=O)OCCC1CCN(c2nccc3cc(F)ccc23)CC1. The first-order valence-electron chi connectivity index (χ1n) is 8.06. The fourth-order valence-electron chi connectivity index (χ4n) is 3.18. The van der Waals surface area contributed by atoms with Gasteiger partial charge in [-0.25, -0.2) is 9.37 Å². The molecule has 5 nitrogen and oxygen atoms in total. The van der Waals surface area contributed by atoms with E-state index in [1.54, 1.807) is 12.3 Å². The van der Waals surface area contributed by atoms with Crippen LogP contribution in [0.2, 0.25) is 0 Å². The van der Waals surface area contributed by atoms with Crippen molar-refractivity contribution >= 4 is 26.7 Å². The van der Waals surface area contributed by atoms with E-state index in [-0.39, 0.29) is 12.4 Å². The van der Waals surface area contributed by atoms with Crippen molar-refractivity contribution in [2.24, 2.45) is 5.92 Å². The third-order valence-electron chi connectivity index (χ3n) is 4.44. The lowest BCUT2D eigenvalue weighted by molar-refractivity contribution is 0.264. The average molecular weight is 352 g/mol. The van der Waals surface area contributed by atoms with Crippen LogP contribution in [0.4, 0.5) is 10.2 Å². The molecule has 1 aromatic heterocycles. The molecule has 0 unspecified atom stereocenters. The topological polar surface area (TPSA) is 59.5 Å². The van der Waals surface area contributed by atoms with Crippen LogP contribution in [0, 0.1) is 11.7 Å². The minimum absolute atomic E-state index is 0.245. The molecule has 2 aromatic rings. The third kappa shape index (κ3) is 4.21. The molecule has 1 aliphatic heterocycles. The molecule has 0 N–H and O–H groups in total. The van der Waals surface area contributed by atoms with E-state index in [1.165, 1.54) is 12.1 Å². The summed E-state index contributed by atoms with van der Waals surface area (Å²) < 4.78 is 40.2. The number of fused-ring (bicyclic) bond motifs is 1. The lowest BCUT2D eigenvalue weighted by atomic mass is 9.94. The van der Waals surface area contributed by atoms with Gasteiger partial charge in [0.25, 0.3) is 10.1 Å². The second-order valence-electron chi connectivity index (χ2n) is 6.25. The fraction of sp³-hybridized carbons (Fsp3) is 0.471. The molecule has 1 saturated heterocycles. The first kappa shape index (κ1) is 17.1. The number of hydrogen-bond donors (Lipinski definition) is 0. The Labute approximate surface area is 141 Å². The van der Waals surface area contributed by atoms with E-state index < -0.39 is 10.1 Å². The Morgan fingerprint density at radius 3 is 2.75 bits per heavy atom. The van der Waals surface area contributed by atoms with E-state index in [4.69, 9.17) is 4.18 Å². The highest BCUT2D eigenvalue weighted by Gasteiger charge is 2.21. The Morgan fingerprint density at radius 1 is 1.29 bits per heavy atom. The Hall–Kier alpha value is -1.73. The molecule has 0 atom stereocenters. The predicted octanol–water partition coefficient (Wildman–Crippen LogP) is 2.96. The summed E-state index contributed by atoms with van der Waals surface area (Å²) in [7, 11) is -3.36. The van der Waals surface area contributed by atoms with Gasteiger partial charge in [-0.1, -0.05) is 0 Å². The minimum Gasteiger partial charge on any atom is -0.356 e. The quantitative estimate of drug-likeness (QED) is 0.774. The van der Waals surface area contributed by atoms with Crippen molar-refractivity contribution in [1.29, 1.82) is 0 Å². The van der Waals surface area contributed by atoms with Crippen LogP contribution >= 0.6 is 0 Å². The molecule has 1 aliphatic rings. The summed E-state index contributed by atoms with van der Waals surface area (Å²) in [4.78, 5) is 6.70. The van der Waals surface area contributed by atoms with Crippen LogP contribution in [-0.2, 0) is 14.3 Å². The molecule has 24 heavy (non-hydrogen) atoms. The molecule has 1 fully saturated rings. The number of aromatic nitrogens is 1. The maximum Gasteiger partial charge on any atom is 0.264 e. The van der Waals surface area contributed by atoms with Gasteiger partial charge in [0.2, 0.25) is 0 Å². The molecule has 0 saturated carbocycles. The zero-order valence-corrected chi connectivity index (χ0v) is 14.4. The smallest absolute Gasteiger partial charge is 0.264 e. The van der Waals surface area contributed by atoms with Gasteiger partial charge < -0.3 is 4.90 Å². The summed E-state index contributed by atoms with van der Waals surface area (Å²) in [6.07, 6.45) is 5.46. The molecule has 7 heteroatoms. The van der Waals surface area contributed by atoms with Crippen molar-refractivity contribution in [3.8, 4) is 0 Å². The van der Waals surface area contributed by atoms with E-state index in [0.717, 1.165) is 55.2 Å². The normalized spacial score (nSPS) is 16.7. The Balaban J connectivity index is 1.63. The van der Waals surface area contributed by atoms with E-state index in [0.29, 0.717) is 5.92 Å². The van der Waals surface area contributed by atoms with Gasteiger partial charge in [0.05, 0.1) is 12.9 Å². The number of nitrogens with zero attached hydrogens (tertiary/aromatic N) is 2. The number of rotatable bonds is 5. The molecule has 3 rings (SSSR count). The zero-order valence-electron chi connectivity index (χ0n) is 13.6. The van der Waals surface area contributed by atoms with Crippen LogP contribution in [0.3, 0.4) is 0 Å². The predicted molar refractivity (Wildman–Crippen MR) is 92.1 cm³/mol. The van der Waals surface area contributed by atoms with Gasteiger partial charge in [-0.3, -0.25) is 4.18 Å². The molecule has 0 amide bonds. The minimum atomic E-state index is -3.36. The monoisotopic (exact) mass is 352 g/mol. The largest absolute Gasteiger partial charge is 0.356 e. The highest BCUT2D eigenvalue weighted by atomic mass is 32.2. The number of piperidine rings is 1. The van der Waals surface area contributed by atoms with Gasteiger partial charge in [0.15, 0.2) is 0 Å². The molecule has 0 aliphatic carbocycles. The van der Waals surface area contributed by atoms with Crippen molar-refractivity contribution in [2.45, 2.75) is 19.3 Å². The van der Waals surface area contributed by atoms with E-state index in [1.807, 2.05) is 6.07 Å². The van der Waals surface area contributed by atoms with Gasteiger partial charge >= 0.3 is 0 Å². The summed E-state index contributed by atoms with van der Waals surface area (Å²) in [5, 5.41) is 1.81. The van der Waals surface area contributed by atoms with Gasteiger partial charge in [-0.15, -0.1) is 0 Å². The second kappa shape index (κ2) is 7.03. The second-order valence-corrected chi connectivity index (χ2v) is 7.89. The average Bonchev–Trinajstić information content (AvgIpc) is 2.53. The molecule has 1 aromatic carbocycles. The Morgan fingerprint density at radius 2 is 2.04 bits per heavy atom. The summed E-state index contributed by atoms with van der Waals surface area (Å²) >= 11 is 0. The summed E-state index contributed by atoms with van der Waals surface area (Å²) in [5.41, 5.74) is 0. The zero-order chi connectivity index (χ0) is 17.2. The Bertz CT molecular complexity index is 818. The third-order valence-corrected chi connectivity index (χ3v) is 5.04. The van der Waals surface area contributed by atoms with Gasteiger partial charge in [0, 0.05) is 24.7 Å². The standard InChI is InChI=1S/C17H21FN2O3S/c1-24(21,22)23-11-7-13-5-9-20(10-6-13)17-16-3-2-15(18)12-14(16)4-8-19-17/h2-4,8,12-13H,5-7,9-11H2,1H3. The highest BCUT2D eigenvalue weighted by molar-refractivity contribution is 7.85. The van der Waals surface area contributed by atoms with Crippen molar-refractivity contribution in [2.75, 3.05) is 30.9 Å². The molecule has 0 bridgehead atoms. The molecular weight excluding hydrogens is 331 g/mol. The lowest BCUT2D eigenvalue weighted by Crippen LogP contribution is -2.34.